The molecule has 14 heavy (non-hydrogen) atoms. The number of hydrogen-bond acceptors (Lipinski definition) is 3. The van der Waals surface area contributed by atoms with Crippen molar-refractivity contribution in [2.45, 2.75) is 32.1 Å². The van der Waals surface area contributed by atoms with Gasteiger partial charge in [0.1, 0.15) is 5.75 Å². The number of halogens is 1. The molecular weight excluding hydrogens is 207 g/mol. The molecule has 1 aromatic rings. The van der Waals surface area contributed by atoms with Crippen molar-refractivity contribution in [3.8, 4) is 0 Å². The Morgan fingerprint density at radius 3 is 2.43 bits per heavy atom. The zero-order valence-electron chi connectivity index (χ0n) is 8.36. The van der Waals surface area contributed by atoms with Crippen LogP contribution in [-0.2, 0) is 21.5 Å². The van der Waals surface area contributed by atoms with E-state index in [0.29, 0.717) is 5.56 Å². The van der Waals surface area contributed by atoms with E-state index < -0.39 is 16.0 Å². The van der Waals surface area contributed by atoms with Crippen LogP contribution in [0.4, 0.5) is 3.89 Å². The third kappa shape index (κ3) is 3.10. The van der Waals surface area contributed by atoms with Crippen LogP contribution in [0.3, 0.4) is 0 Å². The van der Waals surface area contributed by atoms with Crippen LogP contribution in [0.5, 0.6) is 0 Å². The van der Waals surface area contributed by atoms with Crippen LogP contribution in [-0.4, -0.2) is 18.2 Å². The van der Waals surface area contributed by atoms with E-state index >= 15 is 0 Å². The Labute approximate surface area is 82.9 Å². The molecule has 80 valence electrons. The SMILES string of the molecule is CC(C)(C)n1cc(CS(=O)(=O)F)cn1. The molecule has 0 aliphatic carbocycles. The van der Waals surface area contributed by atoms with Crippen molar-refractivity contribution in [3.63, 3.8) is 0 Å². The summed E-state index contributed by atoms with van der Waals surface area (Å²) in [5, 5.41) is 3.96. The molecule has 0 radical (unpaired) electrons. The maximum atomic E-state index is 12.3. The number of nitrogens with zero attached hydrogens (tertiary/aromatic N) is 2. The van der Waals surface area contributed by atoms with E-state index in [4.69, 9.17) is 0 Å². The summed E-state index contributed by atoms with van der Waals surface area (Å²) in [5.41, 5.74) is 0.139. The third-order valence-corrected chi connectivity index (χ3v) is 2.34. The molecule has 0 spiro atoms. The second-order valence-corrected chi connectivity index (χ2v) is 5.51. The molecule has 0 N–H and O–H groups in total. The van der Waals surface area contributed by atoms with Crippen molar-refractivity contribution in [1.29, 1.82) is 0 Å². The summed E-state index contributed by atoms with van der Waals surface area (Å²) >= 11 is 0. The van der Waals surface area contributed by atoms with Gasteiger partial charge in [-0.25, -0.2) is 0 Å². The Balaban J connectivity index is 2.90. The van der Waals surface area contributed by atoms with Gasteiger partial charge in [-0.05, 0) is 20.8 Å². The van der Waals surface area contributed by atoms with Crippen LogP contribution in [0.2, 0.25) is 0 Å². The molecule has 0 aliphatic rings. The molecule has 1 heterocycles. The molecule has 0 aromatic carbocycles. The lowest BCUT2D eigenvalue weighted by atomic mass is 10.1. The van der Waals surface area contributed by atoms with Crippen LogP contribution in [0.15, 0.2) is 12.4 Å². The normalized spacial score (nSPS) is 13.1. The van der Waals surface area contributed by atoms with E-state index in [0.717, 1.165) is 0 Å². The van der Waals surface area contributed by atoms with Crippen molar-refractivity contribution >= 4 is 10.2 Å². The van der Waals surface area contributed by atoms with E-state index in [2.05, 4.69) is 5.10 Å². The van der Waals surface area contributed by atoms with Gasteiger partial charge in [0.25, 0.3) is 0 Å². The molecule has 1 rings (SSSR count). The molecule has 6 heteroatoms. The lowest BCUT2D eigenvalue weighted by Crippen LogP contribution is -2.21. The maximum Gasteiger partial charge on any atom is 0.306 e. The molecule has 0 fully saturated rings. The fourth-order valence-electron chi connectivity index (χ4n) is 1.00. The first-order chi connectivity index (χ1) is 6.18. The quantitative estimate of drug-likeness (QED) is 0.708. The average molecular weight is 220 g/mol. The van der Waals surface area contributed by atoms with Gasteiger partial charge < -0.3 is 0 Å². The second kappa shape index (κ2) is 3.34. The van der Waals surface area contributed by atoms with E-state index in [1.807, 2.05) is 20.8 Å². The minimum atomic E-state index is -4.46. The van der Waals surface area contributed by atoms with Gasteiger partial charge in [-0.3, -0.25) is 4.68 Å². The second-order valence-electron chi connectivity index (χ2n) is 4.15. The molecule has 0 saturated heterocycles. The molecule has 0 bridgehead atoms. The zero-order valence-corrected chi connectivity index (χ0v) is 9.18. The van der Waals surface area contributed by atoms with E-state index in [1.165, 1.54) is 12.4 Å². The number of hydrogen-bond donors (Lipinski definition) is 0. The van der Waals surface area contributed by atoms with Gasteiger partial charge in [0.15, 0.2) is 0 Å². The smallest absolute Gasteiger partial charge is 0.267 e. The van der Waals surface area contributed by atoms with E-state index in [1.54, 1.807) is 4.68 Å². The molecule has 0 atom stereocenters. The summed E-state index contributed by atoms with van der Waals surface area (Å²) in [5.74, 6) is -0.608. The minimum Gasteiger partial charge on any atom is -0.267 e. The fraction of sp³-hybridized carbons (Fsp3) is 0.625. The monoisotopic (exact) mass is 220 g/mol. The molecular formula is C8H13FN2O2S. The lowest BCUT2D eigenvalue weighted by molar-refractivity contribution is 0.355. The predicted octanol–water partition coefficient (Wildman–Crippen LogP) is 1.44. The van der Waals surface area contributed by atoms with Gasteiger partial charge in [-0.1, -0.05) is 0 Å². The summed E-state index contributed by atoms with van der Waals surface area (Å²) in [6.45, 7) is 5.77. The first-order valence-electron chi connectivity index (χ1n) is 4.15. The Morgan fingerprint density at radius 2 is 2.07 bits per heavy atom. The van der Waals surface area contributed by atoms with Crippen LogP contribution in [0.25, 0.3) is 0 Å². The Hall–Kier alpha value is -0.910. The topological polar surface area (TPSA) is 52.0 Å². The number of aromatic nitrogens is 2. The Kier molecular flexibility index (Phi) is 2.67. The molecule has 0 saturated carbocycles. The van der Waals surface area contributed by atoms with Gasteiger partial charge >= 0.3 is 10.2 Å². The fourth-order valence-corrected chi connectivity index (χ4v) is 1.55. The summed E-state index contributed by atoms with van der Waals surface area (Å²) in [6.07, 6.45) is 2.90. The Bertz CT molecular complexity index is 417. The van der Waals surface area contributed by atoms with Crippen molar-refractivity contribution in [2.75, 3.05) is 0 Å². The first kappa shape index (κ1) is 11.2. The van der Waals surface area contributed by atoms with Crippen molar-refractivity contribution in [1.82, 2.24) is 9.78 Å². The number of rotatable bonds is 2. The summed E-state index contributed by atoms with van der Waals surface area (Å²) in [7, 11) is -4.46. The highest BCUT2D eigenvalue weighted by atomic mass is 32.3. The minimum absolute atomic E-state index is 0.224. The van der Waals surface area contributed by atoms with Gasteiger partial charge in [-0.15, -0.1) is 3.89 Å². The van der Waals surface area contributed by atoms with Gasteiger partial charge in [0, 0.05) is 11.8 Å². The van der Waals surface area contributed by atoms with Gasteiger partial charge in [-0.2, -0.15) is 13.5 Å². The highest BCUT2D eigenvalue weighted by Gasteiger charge is 2.16. The maximum absolute atomic E-state index is 12.3. The first-order valence-corrected chi connectivity index (χ1v) is 5.70. The molecule has 1 aromatic heterocycles. The van der Waals surface area contributed by atoms with Crippen molar-refractivity contribution in [3.05, 3.63) is 18.0 Å². The van der Waals surface area contributed by atoms with Crippen molar-refractivity contribution < 1.29 is 12.3 Å². The molecule has 0 amide bonds. The van der Waals surface area contributed by atoms with Crippen LogP contribution >= 0.6 is 0 Å². The molecule has 4 nitrogen and oxygen atoms in total. The lowest BCUT2D eigenvalue weighted by Gasteiger charge is -2.18. The van der Waals surface area contributed by atoms with Crippen LogP contribution < -0.4 is 0 Å². The van der Waals surface area contributed by atoms with Crippen molar-refractivity contribution in [2.24, 2.45) is 0 Å². The zero-order chi connectivity index (χ0) is 11.0. The summed E-state index contributed by atoms with van der Waals surface area (Å²) in [6, 6.07) is 0. The van der Waals surface area contributed by atoms with E-state index in [-0.39, 0.29) is 5.54 Å². The third-order valence-electron chi connectivity index (χ3n) is 1.66. The molecule has 0 aliphatic heterocycles. The largest absolute Gasteiger partial charge is 0.306 e. The molecule has 0 unspecified atom stereocenters. The van der Waals surface area contributed by atoms with E-state index in [9.17, 15) is 12.3 Å². The van der Waals surface area contributed by atoms with Crippen LogP contribution in [0, 0.1) is 0 Å². The Morgan fingerprint density at radius 1 is 1.50 bits per heavy atom. The predicted molar refractivity (Wildman–Crippen MR) is 51.0 cm³/mol. The highest BCUT2D eigenvalue weighted by Crippen LogP contribution is 2.14. The highest BCUT2D eigenvalue weighted by molar-refractivity contribution is 7.85. The van der Waals surface area contributed by atoms with Gasteiger partial charge in [0.05, 0.1) is 11.7 Å². The van der Waals surface area contributed by atoms with Gasteiger partial charge in [0.2, 0.25) is 0 Å². The standard InChI is InChI=1S/C8H13FN2O2S/c1-8(2,3)11-5-7(4-10-11)6-14(9,12)13/h4-5H,6H2,1-3H3. The average Bonchev–Trinajstić information content (AvgIpc) is 2.29. The summed E-state index contributed by atoms with van der Waals surface area (Å²) in [4.78, 5) is 0. The van der Waals surface area contributed by atoms with Crippen LogP contribution in [0.1, 0.15) is 26.3 Å². The summed E-state index contributed by atoms with van der Waals surface area (Å²) < 4.78 is 34.6.